The predicted octanol–water partition coefficient (Wildman–Crippen LogP) is 3.81. The minimum Gasteiger partial charge on any atom is -0.463 e. The Balaban J connectivity index is 1.26. The number of imide groups is 2. The monoisotopic (exact) mass is 550 g/mol. The van der Waals surface area contributed by atoms with E-state index < -0.39 is 29.6 Å². The summed E-state index contributed by atoms with van der Waals surface area (Å²) in [7, 11) is 0. The van der Waals surface area contributed by atoms with Crippen LogP contribution in [0.2, 0.25) is 0 Å². The molecule has 8 heteroatoms. The number of likely N-dealkylation sites (tertiary alicyclic amines) is 2. The molecule has 2 aliphatic heterocycles. The average Bonchev–Trinajstić information content (AvgIpc) is 3.64. The van der Waals surface area contributed by atoms with Gasteiger partial charge in [0.15, 0.2) is 0 Å². The molecule has 2 aromatic carbocycles. The molecule has 3 fully saturated rings. The number of carbonyl (C=O) groups excluding carboxylic acids is 4. The second-order valence-electron chi connectivity index (χ2n) is 11.5. The summed E-state index contributed by atoms with van der Waals surface area (Å²) in [6.45, 7) is 0.0993. The molecule has 1 aromatic heterocycles. The molecule has 3 heterocycles. The summed E-state index contributed by atoms with van der Waals surface area (Å²) >= 11 is 0. The van der Waals surface area contributed by atoms with Crippen molar-refractivity contribution < 1.29 is 28.7 Å². The molecule has 0 spiro atoms. The molecule has 6 atom stereocenters. The third kappa shape index (κ3) is 4.08. The van der Waals surface area contributed by atoms with Gasteiger partial charge in [-0.3, -0.25) is 29.0 Å². The summed E-state index contributed by atoms with van der Waals surface area (Å²) in [6, 6.07) is 22.3. The fourth-order valence-electron chi connectivity index (χ4n) is 7.53. The molecular formula is C33H30N2O6. The number of furan rings is 1. The van der Waals surface area contributed by atoms with Gasteiger partial charge in [0, 0.05) is 0 Å². The Morgan fingerprint density at radius 3 is 1.85 bits per heavy atom. The first-order chi connectivity index (χ1) is 20.0. The van der Waals surface area contributed by atoms with Crippen LogP contribution in [0.15, 0.2) is 88.9 Å². The van der Waals surface area contributed by atoms with Gasteiger partial charge >= 0.3 is 0 Å². The van der Waals surface area contributed by atoms with Gasteiger partial charge in [-0.1, -0.05) is 72.3 Å². The highest BCUT2D eigenvalue weighted by atomic mass is 16.4. The first-order valence-electron chi connectivity index (χ1n) is 14.1. The number of aliphatic hydroxyl groups is 1. The van der Waals surface area contributed by atoms with Crippen molar-refractivity contribution in [3.05, 3.63) is 107 Å². The van der Waals surface area contributed by atoms with E-state index in [0.29, 0.717) is 24.4 Å². The fraction of sp³-hybridized carbons (Fsp3) is 0.333. The van der Waals surface area contributed by atoms with Crippen LogP contribution in [-0.2, 0) is 38.9 Å². The van der Waals surface area contributed by atoms with E-state index in [4.69, 9.17) is 4.42 Å². The van der Waals surface area contributed by atoms with Crippen LogP contribution in [-0.4, -0.2) is 38.5 Å². The minimum absolute atomic E-state index is 0.177. The van der Waals surface area contributed by atoms with Gasteiger partial charge in [0.25, 0.3) is 0 Å². The number of benzene rings is 2. The van der Waals surface area contributed by atoms with E-state index in [9.17, 15) is 24.3 Å². The zero-order valence-corrected chi connectivity index (χ0v) is 22.4. The zero-order valence-electron chi connectivity index (χ0n) is 22.4. The maximum Gasteiger partial charge on any atom is 0.234 e. The summed E-state index contributed by atoms with van der Waals surface area (Å²) in [5.74, 6) is -3.34. The number of hydrogen-bond donors (Lipinski definition) is 1. The van der Waals surface area contributed by atoms with Crippen LogP contribution in [0.3, 0.4) is 0 Å². The van der Waals surface area contributed by atoms with Gasteiger partial charge in [-0.15, -0.1) is 0 Å². The van der Waals surface area contributed by atoms with Crippen LogP contribution < -0.4 is 0 Å². The third-order valence-corrected chi connectivity index (χ3v) is 9.34. The second-order valence-corrected chi connectivity index (χ2v) is 11.5. The number of carbonyl (C=O) groups is 4. The Morgan fingerprint density at radius 2 is 1.27 bits per heavy atom. The maximum absolute atomic E-state index is 13.9. The minimum atomic E-state index is -0.671. The van der Waals surface area contributed by atoms with E-state index in [2.05, 4.69) is 0 Å². The van der Waals surface area contributed by atoms with Crippen molar-refractivity contribution in [2.75, 3.05) is 0 Å². The summed E-state index contributed by atoms with van der Waals surface area (Å²) < 4.78 is 5.99. The Bertz CT molecular complexity index is 1560. The number of nitrogens with zero attached hydrogens (tertiary/aromatic N) is 2. The van der Waals surface area contributed by atoms with Crippen LogP contribution in [0.1, 0.15) is 41.4 Å². The molecule has 1 N–H and O–H groups in total. The van der Waals surface area contributed by atoms with Crippen molar-refractivity contribution in [3.8, 4) is 0 Å². The number of rotatable bonds is 6. The van der Waals surface area contributed by atoms with Gasteiger partial charge in [-0.2, -0.15) is 0 Å². The number of aliphatic hydroxyl groups excluding tert-OH is 1. The molecule has 0 radical (unpaired) electrons. The fourth-order valence-corrected chi connectivity index (χ4v) is 7.53. The number of fused-ring (bicyclic) bond motifs is 4. The van der Waals surface area contributed by atoms with Crippen molar-refractivity contribution >= 4 is 23.6 Å². The van der Waals surface area contributed by atoms with E-state index in [-0.39, 0.29) is 49.2 Å². The average molecular weight is 551 g/mol. The second kappa shape index (κ2) is 9.96. The molecule has 7 rings (SSSR count). The van der Waals surface area contributed by atoms with Gasteiger partial charge in [0.1, 0.15) is 18.1 Å². The number of amides is 4. The molecular weight excluding hydrogens is 520 g/mol. The van der Waals surface area contributed by atoms with E-state index in [0.717, 1.165) is 16.7 Å². The third-order valence-electron chi connectivity index (χ3n) is 9.34. The van der Waals surface area contributed by atoms with Crippen LogP contribution >= 0.6 is 0 Å². The lowest BCUT2D eigenvalue weighted by Crippen LogP contribution is -2.42. The van der Waals surface area contributed by atoms with Gasteiger partial charge in [0.2, 0.25) is 23.6 Å². The van der Waals surface area contributed by atoms with E-state index in [1.165, 1.54) is 9.80 Å². The predicted molar refractivity (Wildman–Crippen MR) is 146 cm³/mol. The Labute approximate surface area is 237 Å². The lowest BCUT2D eigenvalue weighted by Gasteiger charge is -2.43. The molecule has 208 valence electrons. The van der Waals surface area contributed by atoms with Crippen molar-refractivity contribution in [2.24, 2.45) is 29.6 Å². The summed E-state index contributed by atoms with van der Waals surface area (Å²) in [5.41, 5.74) is 2.62. The molecule has 4 aliphatic rings. The normalized spacial score (nSPS) is 29.0. The highest BCUT2D eigenvalue weighted by Crippen LogP contribution is 2.58. The van der Waals surface area contributed by atoms with Crippen molar-refractivity contribution in [2.45, 2.75) is 38.5 Å². The van der Waals surface area contributed by atoms with Gasteiger partial charge in [0.05, 0.1) is 42.7 Å². The molecule has 0 unspecified atom stereocenters. The lowest BCUT2D eigenvalue weighted by atomic mass is 9.58. The van der Waals surface area contributed by atoms with Crippen molar-refractivity contribution in [1.29, 1.82) is 0 Å². The molecule has 8 nitrogen and oxygen atoms in total. The molecule has 41 heavy (non-hydrogen) atoms. The maximum atomic E-state index is 13.9. The molecule has 3 aromatic rings. The smallest absolute Gasteiger partial charge is 0.234 e. The first kappa shape index (κ1) is 25.7. The Kier molecular flexibility index (Phi) is 6.23. The van der Waals surface area contributed by atoms with Gasteiger partial charge < -0.3 is 9.52 Å². The SMILES string of the molecule is O=C1[C@H]2[C@H](CC=C3[C@H]2C[C@H]2C(=O)N(Cc4ccccc4)C(=O)[C@H]2[C@H]3c2ccc(CO)o2)C(=O)N1Cc1ccccc1. The van der Waals surface area contributed by atoms with Gasteiger partial charge in [-0.05, 0) is 42.0 Å². The topological polar surface area (TPSA) is 108 Å². The van der Waals surface area contributed by atoms with Gasteiger partial charge in [-0.25, -0.2) is 0 Å². The zero-order chi connectivity index (χ0) is 28.2. The van der Waals surface area contributed by atoms with Crippen LogP contribution in [0, 0.1) is 29.6 Å². The van der Waals surface area contributed by atoms with E-state index in [1.807, 2.05) is 66.7 Å². The standard InChI is InChI=1S/C33H30N2O6/c36-18-21-11-14-26(41-21)28-22-12-13-23-27(32(39)34(30(23)37)16-19-7-3-1-4-8-19)24(22)15-25-29(28)33(40)35(31(25)38)17-20-9-5-2-6-10-20/h1-12,14,23-25,27-29,36H,13,15-18H2/t23-,24+,25+,27-,28+,29+/m0/s1. The Morgan fingerprint density at radius 1 is 0.683 bits per heavy atom. The Hall–Kier alpha value is -4.30. The molecule has 4 amide bonds. The molecule has 2 saturated heterocycles. The van der Waals surface area contributed by atoms with Crippen molar-refractivity contribution in [1.82, 2.24) is 9.80 Å². The summed E-state index contributed by atoms with van der Waals surface area (Å²) in [6.07, 6.45) is 2.72. The summed E-state index contributed by atoms with van der Waals surface area (Å²) in [4.78, 5) is 57.9. The van der Waals surface area contributed by atoms with E-state index in [1.54, 1.807) is 12.1 Å². The van der Waals surface area contributed by atoms with Crippen molar-refractivity contribution in [3.63, 3.8) is 0 Å². The largest absolute Gasteiger partial charge is 0.463 e. The number of hydrogen-bond acceptors (Lipinski definition) is 6. The highest BCUT2D eigenvalue weighted by Gasteiger charge is 2.62. The summed E-state index contributed by atoms with van der Waals surface area (Å²) in [5, 5.41) is 9.68. The van der Waals surface area contributed by atoms with Crippen LogP contribution in [0.4, 0.5) is 0 Å². The number of allylic oxidation sites excluding steroid dienone is 2. The van der Waals surface area contributed by atoms with E-state index >= 15 is 0 Å². The van der Waals surface area contributed by atoms with Crippen LogP contribution in [0.5, 0.6) is 0 Å². The quantitative estimate of drug-likeness (QED) is 0.370. The lowest BCUT2D eigenvalue weighted by molar-refractivity contribution is -0.142. The molecule has 0 bridgehead atoms. The first-order valence-corrected chi connectivity index (χ1v) is 14.1. The highest BCUT2D eigenvalue weighted by molar-refractivity contribution is 6.07. The van der Waals surface area contributed by atoms with Crippen LogP contribution in [0.25, 0.3) is 0 Å². The molecule has 1 saturated carbocycles. The molecule has 2 aliphatic carbocycles.